The van der Waals surface area contributed by atoms with E-state index in [1.807, 2.05) is 14.0 Å². The van der Waals surface area contributed by atoms with Gasteiger partial charge in [0.2, 0.25) is 0 Å². The molecule has 72 valence electrons. The second-order valence-corrected chi connectivity index (χ2v) is 2.95. The smallest absolute Gasteiger partial charge is 0.149 e. The summed E-state index contributed by atoms with van der Waals surface area (Å²) in [5, 5.41) is 3.02. The highest BCUT2D eigenvalue weighted by Gasteiger charge is 2.12. The first-order chi connectivity index (χ1) is 5.76. The zero-order valence-electron chi connectivity index (χ0n) is 8.10. The van der Waals surface area contributed by atoms with Crippen LogP contribution in [-0.4, -0.2) is 25.4 Å². The van der Waals surface area contributed by atoms with E-state index in [9.17, 15) is 4.79 Å². The summed E-state index contributed by atoms with van der Waals surface area (Å²) in [5.41, 5.74) is 5.36. The first kappa shape index (κ1) is 11.6. The molecule has 0 fully saturated rings. The number of ketones is 1. The maximum Gasteiger partial charge on any atom is 0.149 e. The number of rotatable bonds is 7. The maximum absolute atomic E-state index is 11.2. The first-order valence-electron chi connectivity index (χ1n) is 4.66. The van der Waals surface area contributed by atoms with Gasteiger partial charge in [-0.25, -0.2) is 0 Å². The van der Waals surface area contributed by atoms with Crippen LogP contribution in [0.15, 0.2) is 0 Å². The molecule has 0 radical (unpaired) electrons. The third kappa shape index (κ3) is 4.46. The molecule has 0 unspecified atom stereocenters. The molecule has 12 heavy (non-hydrogen) atoms. The fourth-order valence-electron chi connectivity index (χ4n) is 1.21. The van der Waals surface area contributed by atoms with Gasteiger partial charge in [-0.2, -0.15) is 0 Å². The number of nitrogens with two attached hydrogens (primary N) is 1. The predicted octanol–water partition coefficient (Wildman–Crippen LogP) is 0.683. The van der Waals surface area contributed by atoms with Crippen molar-refractivity contribution < 1.29 is 4.79 Å². The summed E-state index contributed by atoms with van der Waals surface area (Å²) >= 11 is 0. The van der Waals surface area contributed by atoms with E-state index < -0.39 is 0 Å². The van der Waals surface area contributed by atoms with Crippen molar-refractivity contribution in [3.8, 4) is 0 Å². The van der Waals surface area contributed by atoms with Crippen molar-refractivity contribution in [3.63, 3.8) is 0 Å². The average molecular weight is 172 g/mol. The van der Waals surface area contributed by atoms with Gasteiger partial charge in [-0.15, -0.1) is 0 Å². The lowest BCUT2D eigenvalue weighted by Gasteiger charge is -2.12. The summed E-state index contributed by atoms with van der Waals surface area (Å²) < 4.78 is 0. The molecule has 0 saturated heterocycles. The molecule has 0 aromatic heterocycles. The van der Waals surface area contributed by atoms with E-state index in [1.165, 1.54) is 0 Å². The lowest BCUT2D eigenvalue weighted by Crippen LogP contribution is -2.33. The molecule has 0 saturated carbocycles. The number of likely N-dealkylation sites (N-methyl/N-ethyl adjacent to an activating group) is 1. The minimum absolute atomic E-state index is 0.0431. The van der Waals surface area contributed by atoms with Gasteiger partial charge in [-0.1, -0.05) is 13.3 Å². The highest BCUT2D eigenvalue weighted by Crippen LogP contribution is 2.02. The Balaban J connectivity index is 3.60. The van der Waals surface area contributed by atoms with Crippen molar-refractivity contribution in [1.82, 2.24) is 5.32 Å². The molecule has 0 aromatic rings. The van der Waals surface area contributed by atoms with Gasteiger partial charge in [-0.3, -0.25) is 4.79 Å². The fourth-order valence-corrected chi connectivity index (χ4v) is 1.21. The lowest BCUT2D eigenvalue weighted by atomic mass is 10.0. The molecule has 0 aliphatic heterocycles. The van der Waals surface area contributed by atoms with Crippen LogP contribution in [0.25, 0.3) is 0 Å². The SMILES string of the molecule is CCC(=O)[C@@H](CCCCN)NC. The molecular weight excluding hydrogens is 152 g/mol. The van der Waals surface area contributed by atoms with Crippen LogP contribution in [0.2, 0.25) is 0 Å². The van der Waals surface area contributed by atoms with Gasteiger partial charge in [0.05, 0.1) is 6.04 Å². The van der Waals surface area contributed by atoms with E-state index in [-0.39, 0.29) is 6.04 Å². The van der Waals surface area contributed by atoms with Crippen LogP contribution < -0.4 is 11.1 Å². The van der Waals surface area contributed by atoms with E-state index >= 15 is 0 Å². The van der Waals surface area contributed by atoms with Gasteiger partial charge in [0.15, 0.2) is 0 Å². The Labute approximate surface area is 74.7 Å². The molecule has 0 aliphatic carbocycles. The quantitative estimate of drug-likeness (QED) is 0.555. The number of hydrogen-bond acceptors (Lipinski definition) is 3. The molecule has 0 amide bonds. The Kier molecular flexibility index (Phi) is 7.00. The first-order valence-corrected chi connectivity index (χ1v) is 4.66. The van der Waals surface area contributed by atoms with Crippen LogP contribution in [0.1, 0.15) is 32.6 Å². The van der Waals surface area contributed by atoms with Gasteiger partial charge in [0.1, 0.15) is 5.78 Å². The normalized spacial score (nSPS) is 12.9. The molecule has 3 nitrogen and oxygen atoms in total. The summed E-state index contributed by atoms with van der Waals surface area (Å²) in [4.78, 5) is 11.2. The minimum Gasteiger partial charge on any atom is -0.330 e. The van der Waals surface area contributed by atoms with Crippen molar-refractivity contribution in [2.75, 3.05) is 13.6 Å². The molecule has 0 heterocycles. The van der Waals surface area contributed by atoms with Gasteiger partial charge in [0, 0.05) is 6.42 Å². The monoisotopic (exact) mass is 172 g/mol. The topological polar surface area (TPSA) is 55.1 Å². The zero-order valence-corrected chi connectivity index (χ0v) is 8.10. The highest BCUT2D eigenvalue weighted by atomic mass is 16.1. The number of hydrogen-bond donors (Lipinski definition) is 2. The fraction of sp³-hybridized carbons (Fsp3) is 0.889. The number of carbonyl (C=O) groups is 1. The zero-order chi connectivity index (χ0) is 9.40. The number of Topliss-reactive ketones (excluding diaryl/α,β-unsaturated/α-hetero) is 1. The van der Waals surface area contributed by atoms with Gasteiger partial charge < -0.3 is 11.1 Å². The van der Waals surface area contributed by atoms with Crippen LogP contribution in [0, 0.1) is 0 Å². The third-order valence-electron chi connectivity index (χ3n) is 2.03. The Hall–Kier alpha value is -0.410. The Bertz CT molecular complexity index is 126. The second kappa shape index (κ2) is 7.25. The van der Waals surface area contributed by atoms with Crippen molar-refractivity contribution in [3.05, 3.63) is 0 Å². The summed E-state index contributed by atoms with van der Waals surface area (Å²) in [7, 11) is 1.83. The Morgan fingerprint density at radius 2 is 2.17 bits per heavy atom. The standard InChI is InChI=1S/C9H20N2O/c1-3-9(12)8(11-2)6-4-5-7-10/h8,11H,3-7,10H2,1-2H3/t8-/m1/s1. The highest BCUT2D eigenvalue weighted by molar-refractivity contribution is 5.83. The van der Waals surface area contributed by atoms with Crippen molar-refractivity contribution in [2.24, 2.45) is 5.73 Å². The summed E-state index contributed by atoms with van der Waals surface area (Å²) in [6.07, 6.45) is 3.58. The van der Waals surface area contributed by atoms with E-state index in [1.54, 1.807) is 0 Å². The molecular formula is C9H20N2O. The predicted molar refractivity (Wildman–Crippen MR) is 51.1 cm³/mol. The van der Waals surface area contributed by atoms with Crippen LogP contribution in [0.3, 0.4) is 0 Å². The number of carbonyl (C=O) groups excluding carboxylic acids is 1. The molecule has 0 aliphatic rings. The van der Waals surface area contributed by atoms with E-state index in [0.717, 1.165) is 25.8 Å². The van der Waals surface area contributed by atoms with Crippen LogP contribution in [0.5, 0.6) is 0 Å². The van der Waals surface area contributed by atoms with E-state index in [2.05, 4.69) is 5.32 Å². The maximum atomic E-state index is 11.2. The molecule has 0 bridgehead atoms. The van der Waals surface area contributed by atoms with E-state index in [0.29, 0.717) is 12.2 Å². The molecule has 1 atom stereocenters. The largest absolute Gasteiger partial charge is 0.330 e. The van der Waals surface area contributed by atoms with Crippen molar-refractivity contribution in [1.29, 1.82) is 0 Å². The number of nitrogens with one attached hydrogen (secondary N) is 1. The van der Waals surface area contributed by atoms with Gasteiger partial charge >= 0.3 is 0 Å². The van der Waals surface area contributed by atoms with Crippen LogP contribution >= 0.6 is 0 Å². The Morgan fingerprint density at radius 1 is 1.50 bits per heavy atom. The Morgan fingerprint density at radius 3 is 2.58 bits per heavy atom. The number of unbranched alkanes of at least 4 members (excludes halogenated alkanes) is 1. The van der Waals surface area contributed by atoms with E-state index in [4.69, 9.17) is 5.73 Å². The molecule has 0 spiro atoms. The van der Waals surface area contributed by atoms with Gasteiger partial charge in [0.25, 0.3) is 0 Å². The van der Waals surface area contributed by atoms with Gasteiger partial charge in [-0.05, 0) is 26.4 Å². The van der Waals surface area contributed by atoms with Crippen LogP contribution in [0.4, 0.5) is 0 Å². The second-order valence-electron chi connectivity index (χ2n) is 2.95. The molecule has 3 N–H and O–H groups in total. The average Bonchev–Trinajstić information content (AvgIpc) is 2.11. The molecule has 3 heteroatoms. The minimum atomic E-state index is 0.0431. The summed E-state index contributed by atoms with van der Waals surface area (Å²) in [6, 6.07) is 0.0431. The summed E-state index contributed by atoms with van der Waals surface area (Å²) in [6.45, 7) is 2.62. The van der Waals surface area contributed by atoms with Crippen molar-refractivity contribution in [2.45, 2.75) is 38.6 Å². The van der Waals surface area contributed by atoms with Crippen molar-refractivity contribution >= 4 is 5.78 Å². The van der Waals surface area contributed by atoms with Crippen LogP contribution in [-0.2, 0) is 4.79 Å². The third-order valence-corrected chi connectivity index (χ3v) is 2.03. The summed E-state index contributed by atoms with van der Waals surface area (Å²) in [5.74, 6) is 0.300. The lowest BCUT2D eigenvalue weighted by molar-refractivity contribution is -0.120. The molecule has 0 rings (SSSR count). The molecule has 0 aromatic carbocycles.